The average molecular weight is 328 g/mol. The number of fused-ring (bicyclic) bond motifs is 1. The number of nitrogens with zero attached hydrogens (tertiary/aromatic N) is 1. The van der Waals surface area contributed by atoms with Gasteiger partial charge in [-0.2, -0.15) is 0 Å². The Morgan fingerprint density at radius 3 is 2.38 bits per heavy atom. The van der Waals surface area contributed by atoms with Gasteiger partial charge in [-0.05, 0) is 42.9 Å². The van der Waals surface area contributed by atoms with Crippen LogP contribution in [-0.2, 0) is 6.42 Å². The lowest BCUT2D eigenvalue weighted by molar-refractivity contribution is 0.135. The van der Waals surface area contributed by atoms with E-state index in [0.29, 0.717) is 0 Å². The third-order valence-corrected chi connectivity index (χ3v) is 5.70. The SMILES string of the molecule is CCc1sc2c(C(CO)N(CC)CC)cccc2c1C.Cl. The molecule has 4 heteroatoms. The average Bonchev–Trinajstić information content (AvgIpc) is 2.81. The molecule has 1 aromatic heterocycles. The first-order chi connectivity index (χ1) is 9.67. The van der Waals surface area contributed by atoms with Crippen molar-refractivity contribution in [3.8, 4) is 0 Å². The van der Waals surface area contributed by atoms with E-state index in [4.69, 9.17) is 0 Å². The van der Waals surface area contributed by atoms with Crippen molar-refractivity contribution in [2.75, 3.05) is 19.7 Å². The maximum atomic E-state index is 9.87. The first-order valence-corrected chi connectivity index (χ1v) is 8.35. The number of aryl methyl sites for hydroxylation is 2. The Bertz CT molecular complexity index is 577. The Kier molecular flexibility index (Phi) is 7.14. The smallest absolute Gasteiger partial charge is 0.0629 e. The summed E-state index contributed by atoms with van der Waals surface area (Å²) in [4.78, 5) is 3.79. The maximum Gasteiger partial charge on any atom is 0.0629 e. The Morgan fingerprint density at radius 1 is 1.19 bits per heavy atom. The minimum absolute atomic E-state index is 0. The second-order valence-electron chi connectivity index (χ2n) is 5.15. The summed E-state index contributed by atoms with van der Waals surface area (Å²) in [5, 5.41) is 11.2. The van der Waals surface area contributed by atoms with Gasteiger partial charge in [0.1, 0.15) is 0 Å². The van der Waals surface area contributed by atoms with E-state index < -0.39 is 0 Å². The largest absolute Gasteiger partial charge is 0.394 e. The van der Waals surface area contributed by atoms with E-state index >= 15 is 0 Å². The topological polar surface area (TPSA) is 23.5 Å². The molecule has 0 aliphatic heterocycles. The van der Waals surface area contributed by atoms with E-state index in [1.54, 1.807) is 0 Å². The molecule has 0 aliphatic rings. The van der Waals surface area contributed by atoms with Crippen molar-refractivity contribution < 1.29 is 5.11 Å². The van der Waals surface area contributed by atoms with Gasteiger partial charge in [0.2, 0.25) is 0 Å². The highest BCUT2D eigenvalue weighted by Crippen LogP contribution is 2.37. The van der Waals surface area contributed by atoms with E-state index in [9.17, 15) is 5.11 Å². The molecule has 1 aromatic carbocycles. The molecule has 2 aromatic rings. The number of halogens is 1. The first-order valence-electron chi connectivity index (χ1n) is 7.53. The van der Waals surface area contributed by atoms with Gasteiger partial charge in [0, 0.05) is 9.58 Å². The zero-order chi connectivity index (χ0) is 14.7. The van der Waals surface area contributed by atoms with Crippen molar-refractivity contribution in [2.45, 2.75) is 40.2 Å². The van der Waals surface area contributed by atoms with Crippen LogP contribution in [0.15, 0.2) is 18.2 Å². The standard InChI is InChI=1S/C17H25NOS.ClH/c1-5-16-12(4)13-9-8-10-14(17(13)20-16)15(11-19)18(6-2)7-3;/h8-10,15,19H,5-7,11H2,1-4H3;1H. The Morgan fingerprint density at radius 2 is 1.86 bits per heavy atom. The van der Waals surface area contributed by atoms with Crippen LogP contribution < -0.4 is 0 Å². The summed E-state index contributed by atoms with van der Waals surface area (Å²) < 4.78 is 1.35. The van der Waals surface area contributed by atoms with Gasteiger partial charge in [0.25, 0.3) is 0 Å². The van der Waals surface area contributed by atoms with Crippen LogP contribution in [0.25, 0.3) is 10.1 Å². The lowest BCUT2D eigenvalue weighted by Crippen LogP contribution is -2.30. The zero-order valence-corrected chi connectivity index (χ0v) is 15.0. The summed E-state index contributed by atoms with van der Waals surface area (Å²) >= 11 is 1.89. The van der Waals surface area contributed by atoms with Crippen LogP contribution in [-0.4, -0.2) is 29.7 Å². The van der Waals surface area contributed by atoms with Crippen molar-refractivity contribution in [1.29, 1.82) is 0 Å². The van der Waals surface area contributed by atoms with E-state index in [-0.39, 0.29) is 25.1 Å². The molecule has 0 spiro atoms. The van der Waals surface area contributed by atoms with E-state index in [0.717, 1.165) is 19.5 Å². The molecule has 0 fully saturated rings. The van der Waals surface area contributed by atoms with Crippen LogP contribution in [0, 0.1) is 6.92 Å². The molecule has 0 aliphatic carbocycles. The van der Waals surface area contributed by atoms with E-state index in [2.05, 4.69) is 50.8 Å². The van der Waals surface area contributed by atoms with Crippen LogP contribution in [0.3, 0.4) is 0 Å². The molecule has 1 unspecified atom stereocenters. The predicted octanol–water partition coefficient (Wildman–Crippen LogP) is 4.57. The molecule has 1 atom stereocenters. The Hall–Kier alpha value is -0.610. The van der Waals surface area contributed by atoms with Gasteiger partial charge in [-0.15, -0.1) is 23.7 Å². The molecule has 2 nitrogen and oxygen atoms in total. The predicted molar refractivity (Wildman–Crippen MR) is 95.9 cm³/mol. The Labute approximate surface area is 138 Å². The molecule has 2 rings (SSSR count). The monoisotopic (exact) mass is 327 g/mol. The van der Waals surface area contributed by atoms with E-state index in [1.165, 1.54) is 26.1 Å². The number of benzene rings is 1. The number of likely N-dealkylation sites (N-methyl/N-ethyl adjacent to an activating group) is 1. The van der Waals surface area contributed by atoms with Crippen molar-refractivity contribution in [1.82, 2.24) is 4.90 Å². The summed E-state index contributed by atoms with van der Waals surface area (Å²) in [5.41, 5.74) is 2.69. The summed E-state index contributed by atoms with van der Waals surface area (Å²) in [5.74, 6) is 0. The molecule has 0 bridgehead atoms. The van der Waals surface area contributed by atoms with E-state index in [1.807, 2.05) is 11.3 Å². The third-order valence-electron chi connectivity index (χ3n) is 4.20. The summed E-state index contributed by atoms with van der Waals surface area (Å²) in [6.07, 6.45) is 1.08. The molecular weight excluding hydrogens is 302 g/mol. The van der Waals surface area contributed by atoms with Gasteiger partial charge in [0.15, 0.2) is 0 Å². The third kappa shape index (κ3) is 3.42. The highest BCUT2D eigenvalue weighted by atomic mass is 35.5. The van der Waals surface area contributed by atoms with Gasteiger partial charge in [0.05, 0.1) is 12.6 Å². The van der Waals surface area contributed by atoms with Crippen molar-refractivity contribution in [3.63, 3.8) is 0 Å². The van der Waals surface area contributed by atoms with Gasteiger partial charge in [-0.25, -0.2) is 0 Å². The molecule has 1 heterocycles. The van der Waals surface area contributed by atoms with Gasteiger partial charge < -0.3 is 5.11 Å². The lowest BCUT2D eigenvalue weighted by atomic mass is 10.0. The molecular formula is C17H26ClNOS. The molecule has 0 saturated heterocycles. The van der Waals surface area contributed by atoms with Crippen molar-refractivity contribution in [3.05, 3.63) is 34.2 Å². The van der Waals surface area contributed by atoms with Crippen molar-refractivity contribution >= 4 is 33.8 Å². The highest BCUT2D eigenvalue weighted by Gasteiger charge is 2.21. The summed E-state index contributed by atoms with van der Waals surface area (Å²) in [7, 11) is 0. The number of hydrogen-bond donors (Lipinski definition) is 1. The van der Waals surface area contributed by atoms with Gasteiger partial charge >= 0.3 is 0 Å². The van der Waals surface area contributed by atoms with Crippen molar-refractivity contribution in [2.24, 2.45) is 0 Å². The van der Waals surface area contributed by atoms with Gasteiger partial charge in [-0.1, -0.05) is 39.0 Å². The quantitative estimate of drug-likeness (QED) is 0.840. The molecule has 0 saturated carbocycles. The summed E-state index contributed by atoms with van der Waals surface area (Å²) in [6.45, 7) is 10.8. The second kappa shape index (κ2) is 8.14. The minimum Gasteiger partial charge on any atom is -0.394 e. The highest BCUT2D eigenvalue weighted by molar-refractivity contribution is 7.19. The van der Waals surface area contributed by atoms with Crippen LogP contribution in [0.1, 0.15) is 42.8 Å². The van der Waals surface area contributed by atoms with Crippen LogP contribution >= 0.6 is 23.7 Å². The van der Waals surface area contributed by atoms with Crippen LogP contribution in [0.4, 0.5) is 0 Å². The number of rotatable bonds is 6. The number of hydrogen-bond acceptors (Lipinski definition) is 3. The number of thiophene rings is 1. The van der Waals surface area contributed by atoms with Crippen LogP contribution in [0.5, 0.6) is 0 Å². The first kappa shape index (κ1) is 18.4. The number of aliphatic hydroxyl groups is 1. The minimum atomic E-state index is 0. The zero-order valence-electron chi connectivity index (χ0n) is 13.3. The summed E-state index contributed by atoms with van der Waals surface area (Å²) in [6, 6.07) is 6.62. The normalized spacial score (nSPS) is 12.7. The molecule has 0 amide bonds. The fourth-order valence-electron chi connectivity index (χ4n) is 2.99. The second-order valence-corrected chi connectivity index (χ2v) is 6.25. The fourth-order valence-corrected chi connectivity index (χ4v) is 4.30. The molecule has 21 heavy (non-hydrogen) atoms. The molecule has 0 radical (unpaired) electrons. The molecule has 118 valence electrons. The number of aliphatic hydroxyl groups excluding tert-OH is 1. The molecule has 1 N–H and O–H groups in total. The maximum absolute atomic E-state index is 9.87. The lowest BCUT2D eigenvalue weighted by Gasteiger charge is -2.28. The Balaban J connectivity index is 0.00000220. The van der Waals surface area contributed by atoms with Crippen LogP contribution in [0.2, 0.25) is 0 Å². The fraction of sp³-hybridized carbons (Fsp3) is 0.529. The van der Waals surface area contributed by atoms with Gasteiger partial charge in [-0.3, -0.25) is 4.90 Å².